The number of nitrogens with zero attached hydrogens (tertiary/aromatic N) is 1. The molecule has 0 fully saturated rings. The molecule has 1 aliphatic heterocycles. The van der Waals surface area contributed by atoms with Gasteiger partial charge in [0.05, 0.1) is 0 Å². The van der Waals surface area contributed by atoms with E-state index in [4.69, 9.17) is 4.74 Å². The molecule has 0 aromatic heterocycles. The molecule has 1 atom stereocenters. The number of amides is 1. The molecule has 0 unspecified atom stereocenters. The van der Waals surface area contributed by atoms with Gasteiger partial charge in [0.1, 0.15) is 11.6 Å². The van der Waals surface area contributed by atoms with Crippen molar-refractivity contribution >= 4 is 11.9 Å². The van der Waals surface area contributed by atoms with Crippen LogP contribution >= 0.6 is 0 Å². The lowest BCUT2D eigenvalue weighted by Gasteiger charge is -2.30. The Morgan fingerprint density at radius 1 is 1.00 bits per heavy atom. The maximum atomic E-state index is 12.9. The molecule has 160 valence electrons. The minimum absolute atomic E-state index is 0.00217. The van der Waals surface area contributed by atoms with E-state index in [1.807, 2.05) is 51.1 Å². The van der Waals surface area contributed by atoms with Crippen molar-refractivity contribution in [3.05, 3.63) is 47.7 Å². The second-order valence-corrected chi connectivity index (χ2v) is 8.97. The van der Waals surface area contributed by atoms with E-state index in [0.29, 0.717) is 6.42 Å². The number of benzene rings is 1. The largest absolute Gasteiger partial charge is 0.443 e. The lowest BCUT2D eigenvalue weighted by atomic mass is 10.0. The van der Waals surface area contributed by atoms with Crippen molar-refractivity contribution < 1.29 is 14.3 Å². The first-order chi connectivity index (χ1) is 13.8. The highest BCUT2D eigenvalue weighted by Crippen LogP contribution is 2.29. The summed E-state index contributed by atoms with van der Waals surface area (Å²) in [5.41, 5.74) is 1.26. The summed E-state index contributed by atoms with van der Waals surface area (Å²) in [6, 6.07) is 9.35. The molecule has 4 nitrogen and oxygen atoms in total. The Hall–Kier alpha value is -2.10. The first kappa shape index (κ1) is 23.2. The molecule has 0 saturated carbocycles. The van der Waals surface area contributed by atoms with E-state index in [0.717, 1.165) is 30.5 Å². The van der Waals surface area contributed by atoms with Gasteiger partial charge >= 0.3 is 6.09 Å². The molecule has 0 radical (unpaired) electrons. The van der Waals surface area contributed by atoms with Crippen LogP contribution in [0.1, 0.15) is 84.6 Å². The van der Waals surface area contributed by atoms with Gasteiger partial charge in [-0.2, -0.15) is 0 Å². The van der Waals surface area contributed by atoms with E-state index in [1.165, 1.54) is 32.1 Å². The maximum absolute atomic E-state index is 12.9. The summed E-state index contributed by atoms with van der Waals surface area (Å²) in [6.45, 7) is 7.79. The zero-order chi connectivity index (χ0) is 21.3. The van der Waals surface area contributed by atoms with Gasteiger partial charge in [-0.3, -0.25) is 9.69 Å². The minimum atomic E-state index is -0.593. The molecule has 2 rings (SSSR count). The van der Waals surface area contributed by atoms with E-state index in [1.54, 1.807) is 11.0 Å². The Balaban J connectivity index is 2.02. The topological polar surface area (TPSA) is 46.6 Å². The van der Waals surface area contributed by atoms with Crippen molar-refractivity contribution in [2.75, 3.05) is 0 Å². The fraction of sp³-hybridized carbons (Fsp3) is 0.600. The van der Waals surface area contributed by atoms with Gasteiger partial charge in [0, 0.05) is 18.2 Å². The third-order valence-corrected chi connectivity index (χ3v) is 5.16. The maximum Gasteiger partial charge on any atom is 0.415 e. The molecule has 1 aliphatic rings. The summed E-state index contributed by atoms with van der Waals surface area (Å²) >= 11 is 0. The number of carbonyl (C=O) groups is 2. The van der Waals surface area contributed by atoms with Gasteiger partial charge in [-0.15, -0.1) is 0 Å². The zero-order valence-electron chi connectivity index (χ0n) is 18.6. The van der Waals surface area contributed by atoms with Crippen LogP contribution in [0.15, 0.2) is 42.1 Å². The van der Waals surface area contributed by atoms with Gasteiger partial charge in [0.25, 0.3) is 0 Å². The Labute approximate surface area is 176 Å². The molecule has 0 saturated heterocycles. The summed E-state index contributed by atoms with van der Waals surface area (Å²) in [5, 5.41) is 0. The van der Waals surface area contributed by atoms with Crippen LogP contribution in [-0.2, 0) is 16.0 Å². The highest BCUT2D eigenvalue weighted by molar-refractivity contribution is 6.01. The van der Waals surface area contributed by atoms with Crippen LogP contribution in [0.25, 0.3) is 0 Å². The van der Waals surface area contributed by atoms with Gasteiger partial charge in [-0.25, -0.2) is 4.79 Å². The van der Waals surface area contributed by atoms with Crippen LogP contribution in [0.5, 0.6) is 0 Å². The fourth-order valence-electron chi connectivity index (χ4n) is 3.70. The minimum Gasteiger partial charge on any atom is -0.443 e. The average molecular weight is 400 g/mol. The van der Waals surface area contributed by atoms with E-state index in [2.05, 4.69) is 6.92 Å². The summed E-state index contributed by atoms with van der Waals surface area (Å²) in [4.78, 5) is 27.3. The van der Waals surface area contributed by atoms with Crippen LogP contribution in [-0.4, -0.2) is 28.4 Å². The number of rotatable bonds is 10. The quantitative estimate of drug-likeness (QED) is 0.425. The Morgan fingerprint density at radius 3 is 2.24 bits per heavy atom. The number of allylic oxidation sites excluding steroid dienone is 1. The fourth-order valence-corrected chi connectivity index (χ4v) is 3.70. The van der Waals surface area contributed by atoms with Crippen molar-refractivity contribution in [2.45, 2.75) is 97.1 Å². The summed E-state index contributed by atoms with van der Waals surface area (Å²) in [5.74, 6) is -0.00217. The van der Waals surface area contributed by atoms with Gasteiger partial charge in [0.2, 0.25) is 0 Å². The van der Waals surface area contributed by atoms with Gasteiger partial charge in [-0.1, -0.05) is 75.8 Å². The van der Waals surface area contributed by atoms with E-state index in [-0.39, 0.29) is 5.78 Å². The lowest BCUT2D eigenvalue weighted by Crippen LogP contribution is -2.43. The highest BCUT2D eigenvalue weighted by atomic mass is 16.6. The summed E-state index contributed by atoms with van der Waals surface area (Å²) in [7, 11) is 0. The van der Waals surface area contributed by atoms with E-state index in [9.17, 15) is 9.59 Å². The molecule has 0 N–H and O–H groups in total. The predicted octanol–water partition coefficient (Wildman–Crippen LogP) is 6.44. The third kappa shape index (κ3) is 7.68. The Bertz CT molecular complexity index is 688. The number of hydrogen-bond donors (Lipinski definition) is 0. The first-order valence-electron chi connectivity index (χ1n) is 11.1. The molecular weight excluding hydrogens is 362 g/mol. The number of ether oxygens (including phenoxy) is 1. The van der Waals surface area contributed by atoms with Crippen molar-refractivity contribution in [1.82, 2.24) is 4.90 Å². The van der Waals surface area contributed by atoms with Crippen LogP contribution in [0, 0.1) is 0 Å². The van der Waals surface area contributed by atoms with Crippen molar-refractivity contribution in [2.24, 2.45) is 0 Å². The van der Waals surface area contributed by atoms with E-state index >= 15 is 0 Å². The molecular formula is C25H37NO3. The van der Waals surface area contributed by atoms with Crippen LogP contribution in [0.4, 0.5) is 4.79 Å². The standard InChI is InChI=1S/C25H37NO3/c1-5-6-7-8-9-10-14-17-21-19-23(27)22(18-20-15-12-11-13-16-20)26(21)24(28)29-25(2,3)4/h11-13,15-16,19,22H,5-10,14,17-18H2,1-4H3/t22-/m0/s1. The molecule has 1 amide bonds. The third-order valence-electron chi connectivity index (χ3n) is 5.16. The normalized spacial score (nSPS) is 16.8. The number of ketones is 1. The average Bonchev–Trinajstić information content (AvgIpc) is 2.96. The second-order valence-electron chi connectivity index (χ2n) is 8.97. The molecule has 4 heteroatoms. The van der Waals surface area contributed by atoms with Crippen LogP contribution < -0.4 is 0 Å². The van der Waals surface area contributed by atoms with Crippen molar-refractivity contribution in [3.8, 4) is 0 Å². The van der Waals surface area contributed by atoms with Crippen molar-refractivity contribution in [1.29, 1.82) is 0 Å². The highest BCUT2D eigenvalue weighted by Gasteiger charge is 2.39. The second kappa shape index (κ2) is 11.2. The molecule has 29 heavy (non-hydrogen) atoms. The number of unbranched alkanes of at least 4 members (excludes halogenated alkanes) is 6. The van der Waals surface area contributed by atoms with Gasteiger partial charge in [-0.05, 0) is 39.2 Å². The lowest BCUT2D eigenvalue weighted by molar-refractivity contribution is -0.117. The smallest absolute Gasteiger partial charge is 0.415 e. The monoisotopic (exact) mass is 399 g/mol. The number of hydrogen-bond acceptors (Lipinski definition) is 3. The zero-order valence-corrected chi connectivity index (χ0v) is 18.6. The molecule has 0 aliphatic carbocycles. The molecule has 1 aromatic carbocycles. The first-order valence-corrected chi connectivity index (χ1v) is 11.1. The molecule has 1 aromatic rings. The van der Waals surface area contributed by atoms with E-state index < -0.39 is 17.7 Å². The summed E-state index contributed by atoms with van der Waals surface area (Å²) in [6.07, 6.45) is 10.9. The predicted molar refractivity (Wildman–Crippen MR) is 118 cm³/mol. The Morgan fingerprint density at radius 2 is 1.62 bits per heavy atom. The van der Waals surface area contributed by atoms with Crippen molar-refractivity contribution in [3.63, 3.8) is 0 Å². The molecule has 1 heterocycles. The molecule has 0 spiro atoms. The van der Waals surface area contributed by atoms with Gasteiger partial charge in [0.15, 0.2) is 5.78 Å². The SMILES string of the molecule is CCCCCCCCCC1=CC(=O)[C@H](Cc2ccccc2)N1C(=O)OC(C)(C)C. The Kier molecular flexibility index (Phi) is 8.94. The molecule has 0 bridgehead atoms. The van der Waals surface area contributed by atoms with Crippen LogP contribution in [0.2, 0.25) is 0 Å². The van der Waals surface area contributed by atoms with Gasteiger partial charge < -0.3 is 4.74 Å². The number of carbonyl (C=O) groups excluding carboxylic acids is 2. The summed E-state index contributed by atoms with van der Waals surface area (Å²) < 4.78 is 5.63. The van der Waals surface area contributed by atoms with Crippen LogP contribution in [0.3, 0.4) is 0 Å².